The SMILES string of the molecule is CC(C)(C)c1nc2cc(N)ccc2n1Cc1sccc1Br. The Bertz CT molecular complexity index is 796. The number of hydrogen-bond acceptors (Lipinski definition) is 3. The first-order valence-corrected chi connectivity index (χ1v) is 8.51. The fourth-order valence-electron chi connectivity index (χ4n) is 2.46. The van der Waals surface area contributed by atoms with Gasteiger partial charge in [-0.3, -0.25) is 0 Å². The van der Waals surface area contributed by atoms with Gasteiger partial charge < -0.3 is 10.3 Å². The van der Waals surface area contributed by atoms with Crippen LogP contribution in [-0.2, 0) is 12.0 Å². The van der Waals surface area contributed by atoms with Crippen molar-refractivity contribution in [2.75, 3.05) is 5.73 Å². The average molecular weight is 364 g/mol. The van der Waals surface area contributed by atoms with E-state index in [2.05, 4.69) is 58.8 Å². The molecule has 0 fully saturated rings. The maximum absolute atomic E-state index is 5.90. The summed E-state index contributed by atoms with van der Waals surface area (Å²) in [5, 5.41) is 2.10. The first kappa shape index (κ1) is 14.6. The highest BCUT2D eigenvalue weighted by Crippen LogP contribution is 2.31. The molecular weight excluding hydrogens is 346 g/mol. The van der Waals surface area contributed by atoms with Crippen molar-refractivity contribution in [2.24, 2.45) is 0 Å². The molecule has 3 aromatic rings. The van der Waals surface area contributed by atoms with Crippen LogP contribution in [0.4, 0.5) is 5.69 Å². The molecule has 0 aliphatic rings. The number of thiophene rings is 1. The summed E-state index contributed by atoms with van der Waals surface area (Å²) < 4.78 is 3.45. The fourth-order valence-corrected chi connectivity index (χ4v) is 3.93. The normalized spacial score (nSPS) is 12.2. The van der Waals surface area contributed by atoms with E-state index in [1.807, 2.05) is 12.1 Å². The lowest BCUT2D eigenvalue weighted by atomic mass is 9.95. The van der Waals surface area contributed by atoms with Crippen LogP contribution in [0.2, 0.25) is 0 Å². The number of nitrogens with zero attached hydrogens (tertiary/aromatic N) is 2. The van der Waals surface area contributed by atoms with Gasteiger partial charge in [0.05, 0.1) is 17.6 Å². The molecule has 0 radical (unpaired) electrons. The summed E-state index contributed by atoms with van der Waals surface area (Å²) in [5.41, 5.74) is 8.74. The van der Waals surface area contributed by atoms with Gasteiger partial charge in [-0.15, -0.1) is 11.3 Å². The monoisotopic (exact) mass is 363 g/mol. The minimum Gasteiger partial charge on any atom is -0.399 e. The maximum atomic E-state index is 5.90. The Morgan fingerprint density at radius 2 is 2.05 bits per heavy atom. The Balaban J connectivity index is 2.20. The zero-order valence-electron chi connectivity index (χ0n) is 12.4. The van der Waals surface area contributed by atoms with Gasteiger partial charge in [-0.2, -0.15) is 0 Å². The Morgan fingerprint density at radius 1 is 1.29 bits per heavy atom. The minimum absolute atomic E-state index is 0.0164. The van der Waals surface area contributed by atoms with Crippen LogP contribution in [0.25, 0.3) is 11.0 Å². The van der Waals surface area contributed by atoms with Crippen molar-refractivity contribution in [1.29, 1.82) is 0 Å². The molecule has 5 heteroatoms. The fraction of sp³-hybridized carbons (Fsp3) is 0.312. The first-order chi connectivity index (χ1) is 9.86. The highest BCUT2D eigenvalue weighted by Gasteiger charge is 2.23. The molecule has 21 heavy (non-hydrogen) atoms. The second-order valence-corrected chi connectivity index (χ2v) is 8.07. The number of benzene rings is 1. The number of nitrogen functional groups attached to an aromatic ring is 1. The van der Waals surface area contributed by atoms with Crippen LogP contribution < -0.4 is 5.73 Å². The second kappa shape index (κ2) is 5.14. The van der Waals surface area contributed by atoms with Crippen LogP contribution >= 0.6 is 27.3 Å². The quantitative estimate of drug-likeness (QED) is 0.665. The van der Waals surface area contributed by atoms with E-state index in [9.17, 15) is 0 Å². The lowest BCUT2D eigenvalue weighted by molar-refractivity contribution is 0.517. The highest BCUT2D eigenvalue weighted by atomic mass is 79.9. The molecule has 110 valence electrons. The van der Waals surface area contributed by atoms with Crippen molar-refractivity contribution in [1.82, 2.24) is 9.55 Å². The predicted octanol–water partition coefficient (Wildman–Crippen LogP) is 4.79. The van der Waals surface area contributed by atoms with Crippen LogP contribution in [0, 0.1) is 0 Å². The van der Waals surface area contributed by atoms with Crippen LogP contribution in [0.1, 0.15) is 31.5 Å². The summed E-state index contributed by atoms with van der Waals surface area (Å²) in [6, 6.07) is 8.04. The molecule has 2 heterocycles. The van der Waals surface area contributed by atoms with Crippen molar-refractivity contribution >= 4 is 44.0 Å². The number of aromatic nitrogens is 2. The molecule has 0 spiro atoms. The van der Waals surface area contributed by atoms with E-state index >= 15 is 0 Å². The largest absolute Gasteiger partial charge is 0.399 e. The van der Waals surface area contributed by atoms with E-state index in [1.54, 1.807) is 11.3 Å². The van der Waals surface area contributed by atoms with Gasteiger partial charge in [0.2, 0.25) is 0 Å². The second-order valence-electron chi connectivity index (χ2n) is 6.21. The summed E-state index contributed by atoms with van der Waals surface area (Å²) in [6.07, 6.45) is 0. The highest BCUT2D eigenvalue weighted by molar-refractivity contribution is 9.10. The molecule has 0 saturated carbocycles. The summed E-state index contributed by atoms with van der Waals surface area (Å²) >= 11 is 5.38. The van der Waals surface area contributed by atoms with Gasteiger partial charge in [0.15, 0.2) is 0 Å². The smallest absolute Gasteiger partial charge is 0.115 e. The third-order valence-electron chi connectivity index (χ3n) is 3.44. The molecule has 0 amide bonds. The number of halogens is 1. The first-order valence-electron chi connectivity index (χ1n) is 6.84. The molecule has 0 aliphatic heterocycles. The van der Waals surface area contributed by atoms with E-state index in [0.29, 0.717) is 0 Å². The van der Waals surface area contributed by atoms with Crippen LogP contribution in [0.5, 0.6) is 0 Å². The molecule has 3 nitrogen and oxygen atoms in total. The maximum Gasteiger partial charge on any atom is 0.115 e. The Labute approximate surface area is 136 Å². The van der Waals surface area contributed by atoms with E-state index in [1.165, 1.54) is 4.88 Å². The Morgan fingerprint density at radius 3 is 2.67 bits per heavy atom. The molecule has 0 aliphatic carbocycles. The number of fused-ring (bicyclic) bond motifs is 1. The van der Waals surface area contributed by atoms with E-state index < -0.39 is 0 Å². The van der Waals surface area contributed by atoms with Crippen LogP contribution in [0.15, 0.2) is 34.1 Å². The Kier molecular flexibility index (Phi) is 3.58. The number of nitrogens with two attached hydrogens (primary N) is 1. The number of rotatable bonds is 2. The van der Waals surface area contributed by atoms with Gasteiger partial charge in [-0.05, 0) is 45.6 Å². The van der Waals surface area contributed by atoms with Gasteiger partial charge in [-0.25, -0.2) is 4.98 Å². The average Bonchev–Trinajstić information content (AvgIpc) is 2.94. The van der Waals surface area contributed by atoms with Gasteiger partial charge in [0.25, 0.3) is 0 Å². The van der Waals surface area contributed by atoms with E-state index in [-0.39, 0.29) is 5.41 Å². The summed E-state index contributed by atoms with van der Waals surface area (Å²) in [6.45, 7) is 7.40. The van der Waals surface area contributed by atoms with Crippen LogP contribution in [-0.4, -0.2) is 9.55 Å². The van der Waals surface area contributed by atoms with Crippen molar-refractivity contribution in [3.05, 3.63) is 44.8 Å². The van der Waals surface area contributed by atoms with Gasteiger partial charge in [0.1, 0.15) is 5.82 Å². The predicted molar refractivity (Wildman–Crippen MR) is 94.0 cm³/mol. The number of hydrogen-bond donors (Lipinski definition) is 1. The van der Waals surface area contributed by atoms with Gasteiger partial charge in [0, 0.05) is 20.5 Å². The lowest BCUT2D eigenvalue weighted by Crippen LogP contribution is -2.19. The molecule has 0 saturated heterocycles. The summed E-state index contributed by atoms with van der Waals surface area (Å²) in [5.74, 6) is 1.09. The van der Waals surface area contributed by atoms with E-state index in [4.69, 9.17) is 10.7 Å². The molecule has 0 atom stereocenters. The van der Waals surface area contributed by atoms with Crippen molar-refractivity contribution in [3.63, 3.8) is 0 Å². The standard InChI is InChI=1S/C16H18BrN3S/c1-16(2,3)15-19-12-8-10(18)4-5-13(12)20(15)9-14-11(17)6-7-21-14/h4-8H,9,18H2,1-3H3. The van der Waals surface area contributed by atoms with Gasteiger partial charge in [-0.1, -0.05) is 20.8 Å². The van der Waals surface area contributed by atoms with Crippen molar-refractivity contribution in [2.45, 2.75) is 32.7 Å². The molecule has 2 N–H and O–H groups in total. The molecule has 1 aromatic carbocycles. The zero-order chi connectivity index (χ0) is 15.2. The lowest BCUT2D eigenvalue weighted by Gasteiger charge is -2.20. The molecular formula is C16H18BrN3S. The third kappa shape index (κ3) is 2.72. The van der Waals surface area contributed by atoms with Crippen LogP contribution in [0.3, 0.4) is 0 Å². The van der Waals surface area contributed by atoms with Crippen molar-refractivity contribution in [3.8, 4) is 0 Å². The zero-order valence-corrected chi connectivity index (χ0v) is 14.8. The molecule has 0 bridgehead atoms. The number of imidazole rings is 1. The number of anilines is 1. The van der Waals surface area contributed by atoms with Gasteiger partial charge >= 0.3 is 0 Å². The third-order valence-corrected chi connectivity index (χ3v) is 5.35. The molecule has 3 rings (SSSR count). The van der Waals surface area contributed by atoms with E-state index in [0.717, 1.165) is 33.6 Å². The topological polar surface area (TPSA) is 43.8 Å². The van der Waals surface area contributed by atoms with Crippen molar-refractivity contribution < 1.29 is 0 Å². The summed E-state index contributed by atoms with van der Waals surface area (Å²) in [4.78, 5) is 6.13. The summed E-state index contributed by atoms with van der Waals surface area (Å²) in [7, 11) is 0. The molecule has 0 unspecified atom stereocenters. The molecule has 2 aromatic heterocycles. The minimum atomic E-state index is -0.0164. The Hall–Kier alpha value is -1.33.